The number of benzene rings is 1. The van der Waals surface area contributed by atoms with Crippen molar-refractivity contribution in [3.63, 3.8) is 0 Å². The van der Waals surface area contributed by atoms with Gasteiger partial charge in [-0.2, -0.15) is 5.10 Å². The van der Waals surface area contributed by atoms with Gasteiger partial charge in [0.1, 0.15) is 11.5 Å². The Kier molecular flexibility index (Phi) is 3.42. The van der Waals surface area contributed by atoms with Gasteiger partial charge in [-0.25, -0.2) is 14.4 Å². The zero-order valence-corrected chi connectivity index (χ0v) is 12.8. The summed E-state index contributed by atoms with van der Waals surface area (Å²) in [5.41, 5.74) is 2.23. The third-order valence-corrected chi connectivity index (χ3v) is 4.22. The van der Waals surface area contributed by atoms with Crippen LogP contribution in [-0.4, -0.2) is 58.3 Å². The molecule has 1 aliphatic rings. The minimum atomic E-state index is -0.283. The predicted octanol–water partition coefficient (Wildman–Crippen LogP) is 1.91. The molecule has 0 unspecified atom stereocenters. The monoisotopic (exact) mass is 312 g/mol. The Morgan fingerprint density at radius 1 is 1.09 bits per heavy atom. The Balaban J connectivity index is 1.62. The molecule has 3 aromatic rings. The molecule has 23 heavy (non-hydrogen) atoms. The third kappa shape index (κ3) is 2.63. The van der Waals surface area contributed by atoms with E-state index in [0.29, 0.717) is 5.52 Å². The van der Waals surface area contributed by atoms with E-state index in [9.17, 15) is 4.39 Å². The number of hydrogen-bond acceptors (Lipinski definition) is 5. The largest absolute Gasteiger partial charge is 0.338 e. The summed E-state index contributed by atoms with van der Waals surface area (Å²) >= 11 is 0. The van der Waals surface area contributed by atoms with Gasteiger partial charge in [-0.15, -0.1) is 0 Å². The van der Waals surface area contributed by atoms with E-state index in [2.05, 4.69) is 37.0 Å². The quantitative estimate of drug-likeness (QED) is 0.783. The topological polar surface area (TPSA) is 60.9 Å². The van der Waals surface area contributed by atoms with Gasteiger partial charge in [-0.3, -0.25) is 5.10 Å². The fourth-order valence-corrected chi connectivity index (χ4v) is 2.83. The highest BCUT2D eigenvalue weighted by Gasteiger charge is 2.17. The number of anilines is 1. The molecule has 118 valence electrons. The smallest absolute Gasteiger partial charge is 0.225 e. The van der Waals surface area contributed by atoms with Crippen LogP contribution in [0, 0.1) is 5.82 Å². The van der Waals surface area contributed by atoms with E-state index in [0.717, 1.165) is 48.8 Å². The zero-order valence-electron chi connectivity index (χ0n) is 12.8. The number of hydrogen-bond donors (Lipinski definition) is 1. The molecule has 6 nitrogen and oxygen atoms in total. The first-order valence-corrected chi connectivity index (χ1v) is 7.60. The molecule has 0 amide bonds. The Bertz CT molecular complexity index is 820. The van der Waals surface area contributed by atoms with Crippen LogP contribution in [0.4, 0.5) is 10.3 Å². The lowest BCUT2D eigenvalue weighted by Crippen LogP contribution is -2.45. The van der Waals surface area contributed by atoms with Gasteiger partial charge in [-0.1, -0.05) is 0 Å². The Morgan fingerprint density at radius 2 is 1.83 bits per heavy atom. The summed E-state index contributed by atoms with van der Waals surface area (Å²) < 4.78 is 13.3. The second-order valence-corrected chi connectivity index (χ2v) is 5.82. The van der Waals surface area contributed by atoms with Gasteiger partial charge in [0.25, 0.3) is 0 Å². The number of piperazine rings is 1. The molecule has 7 heteroatoms. The van der Waals surface area contributed by atoms with Crippen molar-refractivity contribution in [3.05, 3.63) is 36.4 Å². The van der Waals surface area contributed by atoms with Gasteiger partial charge >= 0.3 is 0 Å². The van der Waals surface area contributed by atoms with E-state index in [1.165, 1.54) is 12.1 Å². The first-order valence-electron chi connectivity index (χ1n) is 7.60. The Morgan fingerprint density at radius 3 is 2.57 bits per heavy atom. The number of aromatic amines is 1. The number of aromatic nitrogens is 4. The van der Waals surface area contributed by atoms with Crippen LogP contribution in [0.1, 0.15) is 0 Å². The van der Waals surface area contributed by atoms with Gasteiger partial charge in [0.15, 0.2) is 0 Å². The van der Waals surface area contributed by atoms with Crippen LogP contribution in [0.2, 0.25) is 0 Å². The summed E-state index contributed by atoms with van der Waals surface area (Å²) in [6, 6.07) is 4.59. The fourth-order valence-electron chi connectivity index (χ4n) is 2.83. The van der Waals surface area contributed by atoms with Gasteiger partial charge in [0.2, 0.25) is 5.95 Å². The van der Waals surface area contributed by atoms with E-state index < -0.39 is 0 Å². The highest BCUT2D eigenvalue weighted by Crippen LogP contribution is 2.26. The second-order valence-electron chi connectivity index (χ2n) is 5.82. The Hall–Kier alpha value is -2.54. The SMILES string of the molecule is CN1CCN(c2ncc(-c3n[nH]c4cc(F)ccc34)cn2)CC1. The van der Waals surface area contributed by atoms with Crippen LogP contribution in [0.25, 0.3) is 22.2 Å². The van der Waals surface area contributed by atoms with Crippen molar-refractivity contribution >= 4 is 16.9 Å². The average molecular weight is 312 g/mol. The molecule has 1 aromatic carbocycles. The predicted molar refractivity (Wildman–Crippen MR) is 86.8 cm³/mol. The lowest BCUT2D eigenvalue weighted by Gasteiger charge is -2.32. The molecule has 4 rings (SSSR count). The van der Waals surface area contributed by atoms with Crippen molar-refractivity contribution < 1.29 is 4.39 Å². The first kappa shape index (κ1) is 14.1. The van der Waals surface area contributed by atoms with Crippen molar-refractivity contribution in [2.75, 3.05) is 38.1 Å². The summed E-state index contributed by atoms with van der Waals surface area (Å²) in [6.45, 7) is 3.89. The molecule has 0 aliphatic carbocycles. The van der Waals surface area contributed by atoms with E-state index in [1.54, 1.807) is 18.5 Å². The Labute approximate surface area is 133 Å². The highest BCUT2D eigenvalue weighted by atomic mass is 19.1. The van der Waals surface area contributed by atoms with Gasteiger partial charge in [-0.05, 0) is 25.2 Å². The number of likely N-dealkylation sites (N-methyl/N-ethyl adjacent to an activating group) is 1. The third-order valence-electron chi connectivity index (χ3n) is 4.22. The minimum absolute atomic E-state index is 0.283. The lowest BCUT2D eigenvalue weighted by atomic mass is 10.1. The molecular formula is C16H17FN6. The summed E-state index contributed by atoms with van der Waals surface area (Å²) in [6.07, 6.45) is 3.55. The number of fused-ring (bicyclic) bond motifs is 1. The molecule has 1 saturated heterocycles. The van der Waals surface area contributed by atoms with Gasteiger partial charge in [0, 0.05) is 49.5 Å². The van der Waals surface area contributed by atoms with Crippen molar-refractivity contribution in [1.29, 1.82) is 0 Å². The summed E-state index contributed by atoms with van der Waals surface area (Å²) in [5, 5.41) is 7.98. The number of rotatable bonds is 2. The van der Waals surface area contributed by atoms with Crippen molar-refractivity contribution in [1.82, 2.24) is 25.1 Å². The number of H-pyrrole nitrogens is 1. The fraction of sp³-hybridized carbons (Fsp3) is 0.312. The normalized spacial score (nSPS) is 16.2. The molecule has 0 bridgehead atoms. The van der Waals surface area contributed by atoms with E-state index in [1.807, 2.05) is 0 Å². The minimum Gasteiger partial charge on any atom is -0.338 e. The lowest BCUT2D eigenvalue weighted by molar-refractivity contribution is 0.311. The summed E-state index contributed by atoms with van der Waals surface area (Å²) in [4.78, 5) is 13.4. The number of nitrogens with zero attached hydrogens (tertiary/aromatic N) is 5. The van der Waals surface area contributed by atoms with Crippen LogP contribution in [0.3, 0.4) is 0 Å². The summed E-state index contributed by atoms with van der Waals surface area (Å²) in [5.74, 6) is 0.460. The van der Waals surface area contributed by atoms with E-state index >= 15 is 0 Å². The maximum Gasteiger partial charge on any atom is 0.225 e. The molecule has 1 aliphatic heterocycles. The van der Waals surface area contributed by atoms with Gasteiger partial charge in [0.05, 0.1) is 5.52 Å². The van der Waals surface area contributed by atoms with Crippen LogP contribution in [-0.2, 0) is 0 Å². The van der Waals surface area contributed by atoms with Crippen molar-refractivity contribution in [2.24, 2.45) is 0 Å². The van der Waals surface area contributed by atoms with Crippen LogP contribution < -0.4 is 4.90 Å². The molecular weight excluding hydrogens is 295 g/mol. The molecule has 0 atom stereocenters. The molecule has 1 N–H and O–H groups in total. The first-order chi connectivity index (χ1) is 11.2. The second kappa shape index (κ2) is 5.58. The number of nitrogens with one attached hydrogen (secondary N) is 1. The molecule has 0 saturated carbocycles. The average Bonchev–Trinajstić information content (AvgIpc) is 2.99. The number of halogens is 1. The molecule has 0 spiro atoms. The molecule has 3 heterocycles. The van der Waals surface area contributed by atoms with E-state index in [4.69, 9.17) is 0 Å². The maximum absolute atomic E-state index is 13.3. The maximum atomic E-state index is 13.3. The molecule has 1 fully saturated rings. The van der Waals surface area contributed by atoms with Crippen molar-refractivity contribution in [2.45, 2.75) is 0 Å². The highest BCUT2D eigenvalue weighted by molar-refractivity contribution is 5.92. The van der Waals surface area contributed by atoms with Crippen LogP contribution >= 0.6 is 0 Å². The van der Waals surface area contributed by atoms with Crippen LogP contribution in [0.5, 0.6) is 0 Å². The van der Waals surface area contributed by atoms with Gasteiger partial charge < -0.3 is 9.80 Å². The summed E-state index contributed by atoms with van der Waals surface area (Å²) in [7, 11) is 2.12. The van der Waals surface area contributed by atoms with E-state index in [-0.39, 0.29) is 5.82 Å². The standard InChI is InChI=1S/C16H17FN6/c1-22-4-6-23(7-5-22)16-18-9-11(10-19-16)15-13-3-2-12(17)8-14(13)20-21-15/h2-3,8-10H,4-7H2,1H3,(H,20,21). The van der Waals surface area contributed by atoms with Crippen LogP contribution in [0.15, 0.2) is 30.6 Å². The zero-order chi connectivity index (χ0) is 15.8. The molecule has 0 radical (unpaired) electrons. The van der Waals surface area contributed by atoms with Crippen molar-refractivity contribution in [3.8, 4) is 11.3 Å². The molecule has 2 aromatic heterocycles.